The summed E-state index contributed by atoms with van der Waals surface area (Å²) in [7, 11) is 0. The van der Waals surface area contributed by atoms with Crippen LogP contribution in [-0.2, 0) is 9.59 Å². The number of carbonyl (C=O) groups excluding carboxylic acids is 2. The van der Waals surface area contributed by atoms with Crippen molar-refractivity contribution in [1.82, 2.24) is 0 Å². The molecule has 1 aromatic rings. The molecule has 2 fully saturated rings. The maximum absolute atomic E-state index is 12.7. The van der Waals surface area contributed by atoms with E-state index in [1.165, 1.54) is 0 Å². The summed E-state index contributed by atoms with van der Waals surface area (Å²) < 4.78 is 0. The van der Waals surface area contributed by atoms with Crippen molar-refractivity contribution >= 4 is 29.1 Å². The largest absolute Gasteiger partial charge is 0.325 e. The lowest BCUT2D eigenvalue weighted by Gasteiger charge is -2.37. The number of benzene rings is 1. The van der Waals surface area contributed by atoms with E-state index >= 15 is 0 Å². The van der Waals surface area contributed by atoms with Crippen LogP contribution in [0.2, 0.25) is 0 Å². The smallest absolute Gasteiger partial charge is 0.227 e. The number of Topliss-reactive ketones (excluding diaryl/α,β-unsaturated/α-hetero) is 1. The van der Waals surface area contributed by atoms with Crippen molar-refractivity contribution in [3.05, 3.63) is 24.3 Å². The Kier molecular flexibility index (Phi) is 5.57. The number of fused-ring (bicyclic) bond motifs is 2. The molecule has 5 heteroatoms. The van der Waals surface area contributed by atoms with Crippen LogP contribution in [0.4, 0.5) is 5.69 Å². The summed E-state index contributed by atoms with van der Waals surface area (Å²) in [5, 5.41) is 11.7. The molecule has 24 heavy (non-hydrogen) atoms. The van der Waals surface area contributed by atoms with Gasteiger partial charge in [0.05, 0.1) is 11.8 Å². The van der Waals surface area contributed by atoms with Crippen molar-refractivity contribution in [3.8, 4) is 6.07 Å². The van der Waals surface area contributed by atoms with Crippen molar-refractivity contribution in [1.29, 1.82) is 5.26 Å². The van der Waals surface area contributed by atoms with E-state index in [1.807, 2.05) is 24.3 Å². The summed E-state index contributed by atoms with van der Waals surface area (Å²) >= 11 is 1.59. The number of nitriles is 1. The predicted molar refractivity (Wildman–Crippen MR) is 94.6 cm³/mol. The van der Waals surface area contributed by atoms with Gasteiger partial charge >= 0.3 is 0 Å². The maximum Gasteiger partial charge on any atom is 0.227 e. The van der Waals surface area contributed by atoms with Crippen LogP contribution in [0.25, 0.3) is 0 Å². The second-order valence-electron chi connectivity index (χ2n) is 6.64. The Morgan fingerprint density at radius 1 is 1.25 bits per heavy atom. The molecule has 3 atom stereocenters. The van der Waals surface area contributed by atoms with Gasteiger partial charge in [-0.2, -0.15) is 5.26 Å². The third kappa shape index (κ3) is 3.81. The third-order valence-electron chi connectivity index (χ3n) is 5.04. The minimum atomic E-state index is -0.0600. The number of para-hydroxylation sites is 1. The van der Waals surface area contributed by atoms with Crippen molar-refractivity contribution < 1.29 is 9.59 Å². The van der Waals surface area contributed by atoms with Gasteiger partial charge in [0.15, 0.2) is 0 Å². The highest BCUT2D eigenvalue weighted by Crippen LogP contribution is 2.40. The first-order chi connectivity index (χ1) is 11.7. The second kappa shape index (κ2) is 7.85. The fourth-order valence-electron chi connectivity index (χ4n) is 3.83. The summed E-state index contributed by atoms with van der Waals surface area (Å²) in [5.74, 6) is 1.26. The van der Waals surface area contributed by atoms with Gasteiger partial charge in [-0.1, -0.05) is 18.6 Å². The number of nitrogens with one attached hydrogen (secondary N) is 1. The maximum atomic E-state index is 12.7. The number of amides is 1. The average Bonchev–Trinajstić information content (AvgIpc) is 2.56. The normalized spacial score (nSPS) is 25.8. The first kappa shape index (κ1) is 17.0. The second-order valence-corrected chi connectivity index (χ2v) is 7.77. The van der Waals surface area contributed by atoms with Crippen LogP contribution in [0.1, 0.15) is 38.5 Å². The monoisotopic (exact) mass is 342 g/mol. The van der Waals surface area contributed by atoms with Crippen LogP contribution >= 0.6 is 11.8 Å². The van der Waals surface area contributed by atoms with Crippen molar-refractivity contribution in [3.63, 3.8) is 0 Å². The topological polar surface area (TPSA) is 70.0 Å². The molecular weight excluding hydrogens is 320 g/mol. The number of rotatable bonds is 5. The Morgan fingerprint density at radius 3 is 2.67 bits per heavy atom. The van der Waals surface area contributed by atoms with Crippen molar-refractivity contribution in [2.75, 3.05) is 11.1 Å². The summed E-state index contributed by atoms with van der Waals surface area (Å²) in [6, 6.07) is 9.85. The number of hydrogen-bond donors (Lipinski definition) is 1. The van der Waals surface area contributed by atoms with Gasteiger partial charge in [0.2, 0.25) is 5.91 Å². The molecule has 0 heterocycles. The van der Waals surface area contributed by atoms with Gasteiger partial charge in [-0.05, 0) is 37.8 Å². The van der Waals surface area contributed by atoms with Gasteiger partial charge in [0.1, 0.15) is 5.78 Å². The quantitative estimate of drug-likeness (QED) is 0.648. The van der Waals surface area contributed by atoms with Gasteiger partial charge in [-0.15, -0.1) is 11.8 Å². The zero-order valence-corrected chi connectivity index (χ0v) is 14.5. The van der Waals surface area contributed by atoms with E-state index in [4.69, 9.17) is 5.26 Å². The van der Waals surface area contributed by atoms with E-state index in [2.05, 4.69) is 11.4 Å². The number of nitrogens with zero attached hydrogens (tertiary/aromatic N) is 1. The number of anilines is 1. The Bertz CT molecular complexity index is 652. The fraction of sp³-hybridized carbons (Fsp3) is 0.526. The molecule has 1 amide bonds. The highest BCUT2D eigenvalue weighted by Gasteiger charge is 2.41. The molecule has 0 saturated heterocycles. The van der Waals surface area contributed by atoms with E-state index < -0.39 is 0 Å². The number of hydrogen-bond acceptors (Lipinski definition) is 4. The van der Waals surface area contributed by atoms with E-state index in [0.29, 0.717) is 30.8 Å². The summed E-state index contributed by atoms with van der Waals surface area (Å²) in [5.41, 5.74) is 0.812. The number of thioether (sulfide) groups is 1. The van der Waals surface area contributed by atoms with Crippen LogP contribution < -0.4 is 5.32 Å². The predicted octanol–water partition coefficient (Wildman–Crippen LogP) is 4.03. The first-order valence-electron chi connectivity index (χ1n) is 8.62. The molecule has 126 valence electrons. The standard InChI is InChI=1S/C19H22N2O2S/c20-9-4-10-24-17-8-2-1-7-16(17)21-19(23)15-11-13-5-3-6-14(12-15)18(13)22/h1-2,7-8,13-15H,3-6,10-12H2,(H,21,23)/t13-,14+,15?. The first-order valence-corrected chi connectivity index (χ1v) is 9.61. The number of carbonyl (C=O) groups is 2. The molecule has 1 aromatic carbocycles. The van der Waals surface area contributed by atoms with Gasteiger partial charge in [-0.3, -0.25) is 9.59 Å². The molecule has 1 N–H and O–H groups in total. The SMILES string of the molecule is N#CCCSc1ccccc1NC(=O)C1C[C@H]2CCC[C@@H](C1)C2=O. The van der Waals surface area contributed by atoms with E-state index in [1.54, 1.807) is 11.8 Å². The Morgan fingerprint density at radius 2 is 1.96 bits per heavy atom. The van der Waals surface area contributed by atoms with E-state index in [0.717, 1.165) is 29.8 Å². The molecule has 0 radical (unpaired) electrons. The molecule has 3 rings (SSSR count). The molecule has 4 nitrogen and oxygen atoms in total. The molecule has 1 unspecified atom stereocenters. The van der Waals surface area contributed by atoms with Gasteiger partial charge in [0, 0.05) is 34.8 Å². The molecule has 2 aliphatic rings. The fourth-order valence-corrected chi connectivity index (χ4v) is 4.69. The lowest BCUT2D eigenvalue weighted by Crippen LogP contribution is -2.40. The van der Waals surface area contributed by atoms with Crippen molar-refractivity contribution in [2.24, 2.45) is 17.8 Å². The summed E-state index contributed by atoms with van der Waals surface area (Å²) in [6.07, 6.45) is 4.89. The minimum absolute atomic E-state index is 0.0349. The van der Waals surface area contributed by atoms with E-state index in [-0.39, 0.29) is 23.7 Å². The van der Waals surface area contributed by atoms with Crippen LogP contribution in [0.15, 0.2) is 29.2 Å². The summed E-state index contributed by atoms with van der Waals surface area (Å²) in [4.78, 5) is 25.9. The highest BCUT2D eigenvalue weighted by molar-refractivity contribution is 7.99. The lowest BCUT2D eigenvalue weighted by atomic mass is 9.67. The zero-order chi connectivity index (χ0) is 16.9. The molecule has 0 aromatic heterocycles. The van der Waals surface area contributed by atoms with Gasteiger partial charge in [-0.25, -0.2) is 0 Å². The van der Waals surface area contributed by atoms with Crippen LogP contribution in [-0.4, -0.2) is 17.4 Å². The van der Waals surface area contributed by atoms with E-state index in [9.17, 15) is 9.59 Å². The van der Waals surface area contributed by atoms with Gasteiger partial charge in [0.25, 0.3) is 0 Å². The molecular formula is C19H22N2O2S. The van der Waals surface area contributed by atoms with Crippen LogP contribution in [0.3, 0.4) is 0 Å². The molecule has 2 saturated carbocycles. The van der Waals surface area contributed by atoms with Crippen LogP contribution in [0, 0.1) is 29.1 Å². The molecule has 2 bridgehead atoms. The van der Waals surface area contributed by atoms with Crippen molar-refractivity contribution in [2.45, 2.75) is 43.4 Å². The lowest BCUT2D eigenvalue weighted by molar-refractivity contribution is -0.136. The highest BCUT2D eigenvalue weighted by atomic mass is 32.2. The van der Waals surface area contributed by atoms with Crippen LogP contribution in [0.5, 0.6) is 0 Å². The minimum Gasteiger partial charge on any atom is -0.325 e. The Labute approximate surface area is 147 Å². The Balaban J connectivity index is 1.65. The third-order valence-corrected chi connectivity index (χ3v) is 6.11. The Hall–Kier alpha value is -1.80. The molecule has 0 aliphatic heterocycles. The molecule has 0 spiro atoms. The molecule has 2 aliphatic carbocycles. The zero-order valence-electron chi connectivity index (χ0n) is 13.7. The van der Waals surface area contributed by atoms with Gasteiger partial charge < -0.3 is 5.32 Å². The average molecular weight is 342 g/mol. The number of ketones is 1. The summed E-state index contributed by atoms with van der Waals surface area (Å²) in [6.45, 7) is 0.